The number of halogens is 1. The highest BCUT2D eigenvalue weighted by Crippen LogP contribution is 2.38. The SMILES string of the molecule is COC(=O)C1=C(N)n2c(s/c(=C/c3ccc(OC)cc3)c2=O)=C(C(=O)Nc2ccc(Cl)cc2)C1c1ccc(OC)cc1. The van der Waals surface area contributed by atoms with E-state index in [2.05, 4.69) is 5.32 Å². The monoisotopic (exact) mass is 603 g/mol. The summed E-state index contributed by atoms with van der Waals surface area (Å²) in [7, 11) is 4.32. The van der Waals surface area contributed by atoms with Crippen LogP contribution in [0.25, 0.3) is 17.5 Å². The van der Waals surface area contributed by atoms with Gasteiger partial charge in [-0.2, -0.15) is 0 Å². The van der Waals surface area contributed by atoms with Crippen LogP contribution in [0.5, 0.6) is 11.5 Å². The lowest BCUT2D eigenvalue weighted by molar-refractivity contribution is -0.136. The third-order valence-corrected chi connectivity index (χ3v) is 8.12. The molecule has 1 atom stereocenters. The number of methoxy groups -OCH3 is 3. The van der Waals surface area contributed by atoms with Gasteiger partial charge >= 0.3 is 5.97 Å². The molecular weight excluding hydrogens is 578 g/mol. The summed E-state index contributed by atoms with van der Waals surface area (Å²) < 4.78 is 17.4. The molecule has 3 N–H and O–H groups in total. The van der Waals surface area contributed by atoms with Gasteiger partial charge < -0.3 is 25.3 Å². The average Bonchev–Trinajstić information content (AvgIpc) is 3.33. The fourth-order valence-corrected chi connectivity index (χ4v) is 5.99. The molecule has 0 bridgehead atoms. The molecule has 0 saturated heterocycles. The molecule has 11 heteroatoms. The number of hydrogen-bond donors (Lipinski definition) is 2. The predicted octanol–water partition coefficient (Wildman–Crippen LogP) is 3.30. The van der Waals surface area contributed by atoms with Gasteiger partial charge in [0.25, 0.3) is 11.5 Å². The summed E-state index contributed by atoms with van der Waals surface area (Å²) in [5.41, 5.74) is 7.99. The molecule has 5 rings (SSSR count). The number of aromatic nitrogens is 1. The number of amides is 1. The average molecular weight is 604 g/mol. The number of rotatable bonds is 7. The van der Waals surface area contributed by atoms with Gasteiger partial charge in [-0.25, -0.2) is 4.79 Å². The van der Waals surface area contributed by atoms with Crippen LogP contribution in [0.2, 0.25) is 5.02 Å². The molecule has 2 heterocycles. The van der Waals surface area contributed by atoms with E-state index < -0.39 is 23.4 Å². The number of hydrogen-bond acceptors (Lipinski definition) is 8. The maximum Gasteiger partial charge on any atom is 0.338 e. The molecule has 1 aromatic heterocycles. The van der Waals surface area contributed by atoms with Crippen LogP contribution in [0.4, 0.5) is 5.69 Å². The molecule has 0 aliphatic carbocycles. The van der Waals surface area contributed by atoms with Gasteiger partial charge in [0, 0.05) is 10.7 Å². The number of carbonyl (C=O) groups is 2. The number of nitrogens with one attached hydrogen (secondary N) is 1. The first kappa shape index (κ1) is 28.7. The fraction of sp³-hybridized carbons (Fsp3) is 0.129. The first-order valence-corrected chi connectivity index (χ1v) is 13.9. The minimum Gasteiger partial charge on any atom is -0.497 e. The Bertz CT molecular complexity index is 1880. The molecule has 1 aliphatic heterocycles. The molecule has 3 aromatic carbocycles. The van der Waals surface area contributed by atoms with Crippen LogP contribution in [-0.4, -0.2) is 37.8 Å². The van der Waals surface area contributed by atoms with Gasteiger partial charge in [0.1, 0.15) is 22.0 Å². The lowest BCUT2D eigenvalue weighted by Crippen LogP contribution is -2.42. The number of anilines is 1. The zero-order valence-electron chi connectivity index (χ0n) is 22.8. The topological polar surface area (TPSA) is 122 Å². The van der Waals surface area contributed by atoms with Gasteiger partial charge in [0.15, 0.2) is 0 Å². The van der Waals surface area contributed by atoms with E-state index in [1.165, 1.54) is 18.8 Å². The number of esters is 1. The van der Waals surface area contributed by atoms with Crippen molar-refractivity contribution in [3.8, 4) is 11.5 Å². The van der Waals surface area contributed by atoms with E-state index in [0.717, 1.165) is 16.9 Å². The molecule has 0 saturated carbocycles. The summed E-state index contributed by atoms with van der Waals surface area (Å²) in [6, 6.07) is 20.7. The van der Waals surface area contributed by atoms with E-state index >= 15 is 0 Å². The van der Waals surface area contributed by atoms with Crippen molar-refractivity contribution in [3.63, 3.8) is 0 Å². The molecular formula is C31H26ClN3O6S. The van der Waals surface area contributed by atoms with E-state index in [-0.39, 0.29) is 21.6 Å². The van der Waals surface area contributed by atoms with Gasteiger partial charge in [0.2, 0.25) is 0 Å². The molecule has 0 radical (unpaired) electrons. The molecule has 0 spiro atoms. The smallest absolute Gasteiger partial charge is 0.338 e. The second kappa shape index (κ2) is 12.0. The van der Waals surface area contributed by atoms with Crippen molar-refractivity contribution in [1.29, 1.82) is 0 Å². The number of fused-ring (bicyclic) bond motifs is 1. The lowest BCUT2D eigenvalue weighted by Gasteiger charge is -2.27. The van der Waals surface area contributed by atoms with Gasteiger partial charge in [-0.1, -0.05) is 35.9 Å². The van der Waals surface area contributed by atoms with Crippen molar-refractivity contribution in [1.82, 2.24) is 4.57 Å². The molecule has 9 nitrogen and oxygen atoms in total. The van der Waals surface area contributed by atoms with Crippen molar-refractivity contribution in [2.45, 2.75) is 5.92 Å². The summed E-state index contributed by atoms with van der Waals surface area (Å²) in [5, 5.41) is 3.38. The largest absolute Gasteiger partial charge is 0.497 e. The number of thiazole rings is 1. The van der Waals surface area contributed by atoms with Crippen LogP contribution in [0.3, 0.4) is 0 Å². The highest BCUT2D eigenvalue weighted by atomic mass is 35.5. The standard InChI is InChI=1S/C31H26ClN3O6S/c1-39-21-12-4-17(5-13-21)16-23-29(37)35-27(33)25(31(38)41-3)24(18-6-14-22(40-2)15-7-18)26(30(35)42-23)28(36)34-20-10-8-19(32)9-11-20/h4-16,24H,33H2,1-3H3,(H,34,36)/b23-16+. The fourth-order valence-electron chi connectivity index (χ4n) is 4.69. The van der Waals surface area contributed by atoms with Crippen LogP contribution < -0.4 is 35.3 Å². The summed E-state index contributed by atoms with van der Waals surface area (Å²) in [6.45, 7) is 0. The van der Waals surface area contributed by atoms with Crippen molar-refractivity contribution >= 4 is 58.0 Å². The molecule has 4 aromatic rings. The third kappa shape index (κ3) is 5.41. The van der Waals surface area contributed by atoms with E-state index in [1.54, 1.807) is 86.0 Å². The zero-order valence-corrected chi connectivity index (χ0v) is 24.4. The second-order valence-electron chi connectivity index (χ2n) is 9.20. The van der Waals surface area contributed by atoms with Crippen LogP contribution in [0.1, 0.15) is 17.0 Å². The van der Waals surface area contributed by atoms with Crippen LogP contribution in [0, 0.1) is 0 Å². The van der Waals surface area contributed by atoms with Crippen LogP contribution in [0.15, 0.2) is 83.2 Å². The summed E-state index contributed by atoms with van der Waals surface area (Å²) in [4.78, 5) is 41.1. The molecule has 1 aliphatic rings. The van der Waals surface area contributed by atoms with Crippen LogP contribution in [-0.2, 0) is 14.3 Å². The molecule has 42 heavy (non-hydrogen) atoms. The quantitative estimate of drug-likeness (QED) is 0.311. The predicted molar refractivity (Wildman–Crippen MR) is 163 cm³/mol. The lowest BCUT2D eigenvalue weighted by atomic mass is 9.82. The Balaban J connectivity index is 1.80. The Labute approximate surface area is 249 Å². The van der Waals surface area contributed by atoms with Gasteiger partial charge in [-0.15, -0.1) is 11.3 Å². The highest BCUT2D eigenvalue weighted by Gasteiger charge is 2.39. The second-order valence-corrected chi connectivity index (χ2v) is 10.7. The van der Waals surface area contributed by atoms with Crippen LogP contribution >= 0.6 is 22.9 Å². The van der Waals surface area contributed by atoms with Gasteiger partial charge in [-0.3, -0.25) is 14.2 Å². The van der Waals surface area contributed by atoms with Gasteiger partial charge in [-0.05, 0) is 65.7 Å². The Hall–Kier alpha value is -4.80. The minimum absolute atomic E-state index is 0.0349. The maximum atomic E-state index is 14.1. The van der Waals surface area contributed by atoms with Gasteiger partial charge in [0.05, 0.1) is 42.9 Å². The van der Waals surface area contributed by atoms with E-state index in [9.17, 15) is 14.4 Å². The van der Waals surface area contributed by atoms with Crippen molar-refractivity contribution in [2.75, 3.05) is 26.6 Å². The normalized spacial score (nSPS) is 14.8. The molecule has 214 valence electrons. The maximum absolute atomic E-state index is 14.1. The number of benzene rings is 3. The van der Waals surface area contributed by atoms with Crippen molar-refractivity contribution in [3.05, 3.63) is 114 Å². The van der Waals surface area contributed by atoms with E-state index in [4.69, 9.17) is 31.5 Å². The Morgan fingerprint density at radius 2 is 1.50 bits per heavy atom. The first-order chi connectivity index (χ1) is 20.2. The number of carbonyl (C=O) groups excluding carboxylic acids is 2. The Morgan fingerprint density at radius 3 is 2.07 bits per heavy atom. The van der Waals surface area contributed by atoms with E-state index in [1.807, 2.05) is 0 Å². The van der Waals surface area contributed by atoms with Crippen molar-refractivity contribution < 1.29 is 23.8 Å². The molecule has 1 amide bonds. The highest BCUT2D eigenvalue weighted by molar-refractivity contribution is 7.07. The summed E-state index contributed by atoms with van der Waals surface area (Å²) >= 11 is 7.14. The zero-order chi connectivity index (χ0) is 30.0. The number of ether oxygens (including phenoxy) is 3. The van der Waals surface area contributed by atoms with E-state index in [0.29, 0.717) is 32.3 Å². The summed E-state index contributed by atoms with van der Waals surface area (Å²) in [5.74, 6) is -1.12. The summed E-state index contributed by atoms with van der Waals surface area (Å²) in [6.07, 6.45) is 1.69. The molecule has 1 unspecified atom stereocenters. The van der Waals surface area contributed by atoms with Crippen molar-refractivity contribution in [2.24, 2.45) is 5.73 Å². The minimum atomic E-state index is -0.956. The number of nitrogens with zero attached hydrogens (tertiary/aromatic N) is 1. The third-order valence-electron chi connectivity index (χ3n) is 6.76. The Kier molecular flexibility index (Phi) is 8.19. The number of nitrogens with two attached hydrogens (primary N) is 1. The Morgan fingerprint density at radius 1 is 0.905 bits per heavy atom. The first-order valence-electron chi connectivity index (χ1n) is 12.7. The molecule has 0 fully saturated rings.